The molecule has 1 aromatic rings. The van der Waals surface area contributed by atoms with Crippen LogP contribution in [0.1, 0.15) is 43.5 Å². The van der Waals surface area contributed by atoms with Crippen molar-refractivity contribution in [3.8, 4) is 5.75 Å². The van der Waals surface area contributed by atoms with Crippen molar-refractivity contribution in [2.45, 2.75) is 45.3 Å². The molecule has 1 amide bonds. The molecular weight excluding hydrogens is 242 g/mol. The van der Waals surface area contributed by atoms with Crippen LogP contribution in [0.3, 0.4) is 0 Å². The Labute approximate surface area is 113 Å². The summed E-state index contributed by atoms with van der Waals surface area (Å²) in [6, 6.07) is 7.25. The highest BCUT2D eigenvalue weighted by Crippen LogP contribution is 2.19. The Morgan fingerprint density at radius 3 is 2.47 bits per heavy atom. The van der Waals surface area contributed by atoms with E-state index in [1.54, 1.807) is 31.2 Å². The third-order valence-electron chi connectivity index (χ3n) is 3.10. The summed E-state index contributed by atoms with van der Waals surface area (Å²) in [5, 5.41) is 2.89. The molecular formula is C15H19NO3. The maximum absolute atomic E-state index is 11.7. The molecule has 19 heavy (non-hydrogen) atoms. The molecule has 1 N–H and O–H groups in total. The van der Waals surface area contributed by atoms with E-state index in [0.29, 0.717) is 23.8 Å². The van der Waals surface area contributed by atoms with E-state index in [2.05, 4.69) is 5.32 Å². The van der Waals surface area contributed by atoms with E-state index in [9.17, 15) is 9.59 Å². The molecule has 1 atom stereocenters. The van der Waals surface area contributed by atoms with Crippen LogP contribution >= 0.6 is 0 Å². The second-order valence-electron chi connectivity index (χ2n) is 4.84. The lowest BCUT2D eigenvalue weighted by Gasteiger charge is -2.14. The first-order valence-corrected chi connectivity index (χ1v) is 6.70. The molecule has 4 heteroatoms. The standard InChI is InChI=1S/C15H19NO3/c1-3-14(17)11-4-8-13(9-5-11)19-10(2)15(18)16-12-6-7-12/h4-5,8-10,12H,3,6-7H2,1-2H3,(H,16,18)/t10-/m1/s1. The topological polar surface area (TPSA) is 55.4 Å². The molecule has 1 aliphatic carbocycles. The highest BCUT2D eigenvalue weighted by atomic mass is 16.5. The van der Waals surface area contributed by atoms with Crippen molar-refractivity contribution in [1.82, 2.24) is 5.32 Å². The second kappa shape index (κ2) is 5.87. The molecule has 2 rings (SSSR count). The number of amides is 1. The second-order valence-corrected chi connectivity index (χ2v) is 4.84. The first-order valence-electron chi connectivity index (χ1n) is 6.70. The molecule has 1 aliphatic rings. The molecule has 4 nitrogen and oxygen atoms in total. The number of nitrogens with one attached hydrogen (secondary N) is 1. The number of Topliss-reactive ketones (excluding diaryl/α,β-unsaturated/α-hetero) is 1. The fourth-order valence-electron chi connectivity index (χ4n) is 1.73. The zero-order chi connectivity index (χ0) is 13.8. The monoisotopic (exact) mass is 261 g/mol. The summed E-state index contributed by atoms with van der Waals surface area (Å²) >= 11 is 0. The zero-order valence-electron chi connectivity index (χ0n) is 11.3. The van der Waals surface area contributed by atoms with Gasteiger partial charge in [0.1, 0.15) is 5.75 Å². The molecule has 1 saturated carbocycles. The summed E-state index contributed by atoms with van der Waals surface area (Å²) in [4.78, 5) is 23.2. The van der Waals surface area contributed by atoms with Gasteiger partial charge in [-0.25, -0.2) is 0 Å². The number of ether oxygens (including phenoxy) is 1. The van der Waals surface area contributed by atoms with Gasteiger partial charge in [0.15, 0.2) is 11.9 Å². The molecule has 0 saturated heterocycles. The van der Waals surface area contributed by atoms with Gasteiger partial charge in [-0.05, 0) is 44.0 Å². The number of hydrogen-bond acceptors (Lipinski definition) is 3. The molecule has 0 bridgehead atoms. The lowest BCUT2D eigenvalue weighted by Crippen LogP contribution is -2.37. The highest BCUT2D eigenvalue weighted by Gasteiger charge is 2.26. The van der Waals surface area contributed by atoms with Gasteiger partial charge in [0.05, 0.1) is 0 Å². The van der Waals surface area contributed by atoms with Gasteiger partial charge in [0.2, 0.25) is 0 Å². The van der Waals surface area contributed by atoms with Crippen LogP contribution in [0.5, 0.6) is 5.75 Å². The largest absolute Gasteiger partial charge is 0.481 e. The van der Waals surface area contributed by atoms with Crippen LogP contribution in [0.2, 0.25) is 0 Å². The molecule has 1 fully saturated rings. The predicted molar refractivity (Wildman–Crippen MR) is 72.3 cm³/mol. The fraction of sp³-hybridized carbons (Fsp3) is 0.467. The summed E-state index contributed by atoms with van der Waals surface area (Å²) in [7, 11) is 0. The molecule has 0 heterocycles. The molecule has 0 aromatic heterocycles. The quantitative estimate of drug-likeness (QED) is 0.800. The van der Waals surface area contributed by atoms with Gasteiger partial charge in [-0.2, -0.15) is 0 Å². The molecule has 0 spiro atoms. The maximum atomic E-state index is 11.7. The third kappa shape index (κ3) is 3.81. The predicted octanol–water partition coefficient (Wildman–Crippen LogP) is 2.33. The molecule has 0 unspecified atom stereocenters. The summed E-state index contributed by atoms with van der Waals surface area (Å²) in [6.45, 7) is 3.56. The van der Waals surface area contributed by atoms with Crippen LogP contribution < -0.4 is 10.1 Å². The molecule has 1 aromatic carbocycles. The van der Waals surface area contributed by atoms with Crippen molar-refractivity contribution in [2.24, 2.45) is 0 Å². The summed E-state index contributed by atoms with van der Waals surface area (Å²) in [5.41, 5.74) is 0.671. The first kappa shape index (κ1) is 13.6. The maximum Gasteiger partial charge on any atom is 0.260 e. The van der Waals surface area contributed by atoms with Crippen molar-refractivity contribution in [1.29, 1.82) is 0 Å². The van der Waals surface area contributed by atoms with Gasteiger partial charge < -0.3 is 10.1 Å². The minimum Gasteiger partial charge on any atom is -0.481 e. The van der Waals surface area contributed by atoms with E-state index in [4.69, 9.17) is 4.74 Å². The van der Waals surface area contributed by atoms with Gasteiger partial charge in [-0.3, -0.25) is 9.59 Å². The van der Waals surface area contributed by atoms with Crippen LogP contribution in [-0.2, 0) is 4.79 Å². The Kier molecular flexibility index (Phi) is 4.20. The fourth-order valence-corrected chi connectivity index (χ4v) is 1.73. The van der Waals surface area contributed by atoms with Gasteiger partial charge >= 0.3 is 0 Å². The van der Waals surface area contributed by atoms with E-state index in [-0.39, 0.29) is 11.7 Å². The first-order chi connectivity index (χ1) is 9.10. The zero-order valence-corrected chi connectivity index (χ0v) is 11.3. The van der Waals surface area contributed by atoms with Crippen molar-refractivity contribution < 1.29 is 14.3 Å². The van der Waals surface area contributed by atoms with Crippen LogP contribution in [0.25, 0.3) is 0 Å². The smallest absolute Gasteiger partial charge is 0.260 e. The summed E-state index contributed by atoms with van der Waals surface area (Å²) in [5.74, 6) is 0.619. The Hall–Kier alpha value is -1.84. The lowest BCUT2D eigenvalue weighted by atomic mass is 10.1. The van der Waals surface area contributed by atoms with Gasteiger partial charge in [0, 0.05) is 18.0 Å². The van der Waals surface area contributed by atoms with E-state index < -0.39 is 6.10 Å². The van der Waals surface area contributed by atoms with E-state index in [1.807, 2.05) is 6.92 Å². The average molecular weight is 261 g/mol. The number of ketones is 1. The van der Waals surface area contributed by atoms with Crippen molar-refractivity contribution in [2.75, 3.05) is 0 Å². The molecule has 0 aliphatic heterocycles. The van der Waals surface area contributed by atoms with E-state index in [0.717, 1.165) is 12.8 Å². The van der Waals surface area contributed by atoms with E-state index in [1.165, 1.54) is 0 Å². The van der Waals surface area contributed by atoms with Crippen molar-refractivity contribution in [3.05, 3.63) is 29.8 Å². The Morgan fingerprint density at radius 1 is 1.32 bits per heavy atom. The van der Waals surface area contributed by atoms with Gasteiger partial charge in [-0.1, -0.05) is 6.92 Å². The SMILES string of the molecule is CCC(=O)c1ccc(O[C@H](C)C(=O)NC2CC2)cc1. The Bertz CT molecular complexity index is 463. The third-order valence-corrected chi connectivity index (χ3v) is 3.10. The number of rotatable bonds is 6. The van der Waals surface area contributed by atoms with Gasteiger partial charge in [-0.15, -0.1) is 0 Å². The molecule has 102 valence electrons. The van der Waals surface area contributed by atoms with E-state index >= 15 is 0 Å². The van der Waals surface area contributed by atoms with Crippen LogP contribution in [0.15, 0.2) is 24.3 Å². The summed E-state index contributed by atoms with van der Waals surface area (Å²) < 4.78 is 5.55. The number of carbonyl (C=O) groups excluding carboxylic acids is 2. The van der Waals surface area contributed by atoms with Crippen molar-refractivity contribution in [3.63, 3.8) is 0 Å². The normalized spacial score (nSPS) is 15.7. The number of hydrogen-bond donors (Lipinski definition) is 1. The molecule has 0 radical (unpaired) electrons. The van der Waals surface area contributed by atoms with Crippen LogP contribution in [0, 0.1) is 0 Å². The van der Waals surface area contributed by atoms with Crippen LogP contribution in [-0.4, -0.2) is 23.8 Å². The number of carbonyl (C=O) groups is 2. The lowest BCUT2D eigenvalue weighted by molar-refractivity contribution is -0.127. The van der Waals surface area contributed by atoms with Crippen LogP contribution in [0.4, 0.5) is 0 Å². The minimum atomic E-state index is -0.520. The van der Waals surface area contributed by atoms with Crippen molar-refractivity contribution >= 4 is 11.7 Å². The summed E-state index contributed by atoms with van der Waals surface area (Å²) in [6.07, 6.45) is 2.09. The Morgan fingerprint density at radius 2 is 1.95 bits per heavy atom. The average Bonchev–Trinajstić information content (AvgIpc) is 3.22. The Balaban J connectivity index is 1.90. The number of benzene rings is 1. The highest BCUT2D eigenvalue weighted by molar-refractivity contribution is 5.95. The van der Waals surface area contributed by atoms with Gasteiger partial charge in [0.25, 0.3) is 5.91 Å². The minimum absolute atomic E-state index is 0.0868.